The maximum absolute atomic E-state index is 14.1. The van der Waals surface area contributed by atoms with Crippen LogP contribution in [0.5, 0.6) is 0 Å². The number of aryl methyl sites for hydroxylation is 2. The molecule has 6 nitrogen and oxygen atoms in total. The van der Waals surface area contributed by atoms with Gasteiger partial charge in [-0.1, -0.05) is 12.5 Å². The van der Waals surface area contributed by atoms with Crippen LogP contribution in [0.4, 0.5) is 19.4 Å². The fourth-order valence-corrected chi connectivity index (χ4v) is 5.02. The van der Waals surface area contributed by atoms with Gasteiger partial charge in [-0.25, -0.2) is 18.6 Å². The molecule has 0 radical (unpaired) electrons. The molecule has 0 saturated heterocycles. The molecule has 0 spiro atoms. The van der Waals surface area contributed by atoms with Crippen LogP contribution in [0.15, 0.2) is 24.5 Å². The van der Waals surface area contributed by atoms with Crippen molar-refractivity contribution >= 4 is 11.8 Å². The van der Waals surface area contributed by atoms with Crippen LogP contribution in [0, 0.1) is 11.3 Å². The molecule has 5 rings (SSSR count). The number of hydrogen-bond donors (Lipinski definition) is 1. The smallest absolute Gasteiger partial charge is 0.323 e. The summed E-state index contributed by atoms with van der Waals surface area (Å²) in [6.07, 6.45) is 7.16. The van der Waals surface area contributed by atoms with Crippen molar-refractivity contribution < 1.29 is 13.6 Å². The summed E-state index contributed by atoms with van der Waals surface area (Å²) >= 11 is 0. The van der Waals surface area contributed by atoms with Gasteiger partial charge in [0.25, 0.3) is 5.92 Å². The van der Waals surface area contributed by atoms with E-state index in [1.165, 1.54) is 0 Å². The van der Waals surface area contributed by atoms with Crippen LogP contribution in [0.1, 0.15) is 31.2 Å². The highest BCUT2D eigenvalue weighted by Gasteiger charge is 2.81. The molecule has 2 amide bonds. The van der Waals surface area contributed by atoms with E-state index >= 15 is 0 Å². The van der Waals surface area contributed by atoms with E-state index in [1.807, 2.05) is 25.4 Å². The van der Waals surface area contributed by atoms with E-state index < -0.39 is 17.3 Å². The predicted molar refractivity (Wildman–Crippen MR) is 100 cm³/mol. The van der Waals surface area contributed by atoms with Gasteiger partial charge in [0, 0.05) is 37.8 Å². The maximum atomic E-state index is 14.1. The fraction of sp³-hybridized carbons (Fsp3) is 0.550. The second kappa shape index (κ2) is 5.99. The van der Waals surface area contributed by atoms with E-state index in [0.29, 0.717) is 25.2 Å². The van der Waals surface area contributed by atoms with E-state index in [1.54, 1.807) is 15.8 Å². The summed E-state index contributed by atoms with van der Waals surface area (Å²) in [7, 11) is 1.84. The Bertz CT molecular complexity index is 942. The molecule has 1 aliphatic heterocycles. The number of halogens is 2. The lowest BCUT2D eigenvalue weighted by atomic mass is 10.0. The average Bonchev–Trinajstić information content (AvgIpc) is 3.13. The monoisotopic (exact) mass is 387 g/mol. The van der Waals surface area contributed by atoms with Crippen molar-refractivity contribution in [1.82, 2.24) is 20.1 Å². The standard InChI is InChI=1S/C20H23F2N5O/c1-26-11-14(10-24-26)15-7-6-13-4-3-9-27(17(13)25-15)18(28)23-12-19-8-2-5-16(19)20(19,21)22/h6-7,10-11,16H,2-5,8-9,12H2,1H3,(H,23,28). The minimum Gasteiger partial charge on any atom is -0.337 e. The van der Waals surface area contributed by atoms with Crippen molar-refractivity contribution in [3.05, 3.63) is 30.1 Å². The Morgan fingerprint density at radius 1 is 1.36 bits per heavy atom. The first-order chi connectivity index (χ1) is 13.4. The lowest BCUT2D eigenvalue weighted by molar-refractivity contribution is 0.0453. The molecule has 8 heteroatoms. The van der Waals surface area contributed by atoms with Crippen molar-refractivity contribution in [1.29, 1.82) is 0 Å². The first kappa shape index (κ1) is 17.6. The third-order valence-electron chi connectivity index (χ3n) is 6.64. The van der Waals surface area contributed by atoms with Crippen LogP contribution in [-0.4, -0.2) is 39.8 Å². The Hall–Kier alpha value is -2.51. The number of urea groups is 1. The molecule has 2 aromatic heterocycles. The maximum Gasteiger partial charge on any atom is 0.323 e. The third kappa shape index (κ3) is 2.46. The van der Waals surface area contributed by atoms with E-state index in [4.69, 9.17) is 4.98 Å². The number of carbonyl (C=O) groups excluding carboxylic acids is 1. The molecule has 0 bridgehead atoms. The van der Waals surface area contributed by atoms with Crippen molar-refractivity contribution in [2.75, 3.05) is 18.0 Å². The topological polar surface area (TPSA) is 63.1 Å². The quantitative estimate of drug-likeness (QED) is 0.878. The summed E-state index contributed by atoms with van der Waals surface area (Å²) < 4.78 is 29.9. The minimum atomic E-state index is -2.63. The van der Waals surface area contributed by atoms with Gasteiger partial charge in [-0.15, -0.1) is 0 Å². The van der Waals surface area contributed by atoms with E-state index in [-0.39, 0.29) is 12.6 Å². The lowest BCUT2D eigenvalue weighted by Crippen LogP contribution is -2.45. The second-order valence-corrected chi connectivity index (χ2v) is 8.22. The number of pyridine rings is 1. The van der Waals surface area contributed by atoms with Crippen LogP contribution in [0.3, 0.4) is 0 Å². The van der Waals surface area contributed by atoms with Gasteiger partial charge in [0.1, 0.15) is 5.82 Å². The van der Waals surface area contributed by atoms with Crippen molar-refractivity contribution in [3.8, 4) is 11.3 Å². The van der Waals surface area contributed by atoms with Gasteiger partial charge >= 0.3 is 6.03 Å². The van der Waals surface area contributed by atoms with Crippen LogP contribution in [0.2, 0.25) is 0 Å². The molecule has 2 saturated carbocycles. The summed E-state index contributed by atoms with van der Waals surface area (Å²) in [5, 5.41) is 6.96. The number of carbonyl (C=O) groups is 1. The molecule has 2 aliphatic carbocycles. The van der Waals surface area contributed by atoms with Gasteiger partial charge in [0.2, 0.25) is 0 Å². The average molecular weight is 387 g/mol. The SMILES string of the molecule is Cn1cc(-c2ccc3c(n2)N(C(=O)NCC24CCCC2C4(F)F)CCC3)cn1. The third-order valence-corrected chi connectivity index (χ3v) is 6.64. The van der Waals surface area contributed by atoms with Crippen molar-refractivity contribution in [2.45, 2.75) is 38.0 Å². The molecule has 1 N–H and O–H groups in total. The van der Waals surface area contributed by atoms with E-state index in [0.717, 1.165) is 36.1 Å². The fourth-order valence-electron chi connectivity index (χ4n) is 5.02. The zero-order chi connectivity index (χ0) is 19.5. The Morgan fingerprint density at radius 2 is 2.21 bits per heavy atom. The Balaban J connectivity index is 1.36. The van der Waals surface area contributed by atoms with E-state index in [2.05, 4.69) is 10.4 Å². The zero-order valence-corrected chi connectivity index (χ0v) is 15.8. The summed E-state index contributed by atoms with van der Waals surface area (Å²) in [5.41, 5.74) is 1.60. The number of rotatable bonds is 3. The number of hydrogen-bond acceptors (Lipinski definition) is 3. The molecule has 28 heavy (non-hydrogen) atoms. The van der Waals surface area contributed by atoms with Crippen LogP contribution in [0.25, 0.3) is 11.3 Å². The Kier molecular flexibility index (Phi) is 3.76. The lowest BCUT2D eigenvalue weighted by Gasteiger charge is -2.29. The highest BCUT2D eigenvalue weighted by atomic mass is 19.3. The normalized spacial score (nSPS) is 27.2. The van der Waals surface area contributed by atoms with Crippen LogP contribution >= 0.6 is 0 Å². The summed E-state index contributed by atoms with van der Waals surface area (Å²) in [6, 6.07) is 3.59. The van der Waals surface area contributed by atoms with Crippen molar-refractivity contribution in [2.24, 2.45) is 18.4 Å². The summed E-state index contributed by atoms with van der Waals surface area (Å²) in [6.45, 7) is 0.576. The molecular weight excluding hydrogens is 364 g/mol. The van der Waals surface area contributed by atoms with Crippen molar-refractivity contribution in [3.63, 3.8) is 0 Å². The highest BCUT2D eigenvalue weighted by Crippen LogP contribution is 2.73. The summed E-state index contributed by atoms with van der Waals surface area (Å²) in [5.74, 6) is -2.58. The highest BCUT2D eigenvalue weighted by molar-refractivity contribution is 5.92. The largest absolute Gasteiger partial charge is 0.337 e. The summed E-state index contributed by atoms with van der Waals surface area (Å²) in [4.78, 5) is 19.2. The number of amides is 2. The molecular formula is C20H23F2N5O. The van der Waals surface area contributed by atoms with Crippen LogP contribution < -0.4 is 10.2 Å². The van der Waals surface area contributed by atoms with Crippen LogP contribution in [-0.2, 0) is 13.5 Å². The van der Waals surface area contributed by atoms with Gasteiger partial charge < -0.3 is 5.32 Å². The van der Waals surface area contributed by atoms with Gasteiger partial charge in [0.15, 0.2) is 0 Å². The second-order valence-electron chi connectivity index (χ2n) is 8.22. The number of aromatic nitrogens is 3. The molecule has 2 atom stereocenters. The first-order valence-electron chi connectivity index (χ1n) is 9.84. The minimum absolute atomic E-state index is 0.0393. The number of anilines is 1. The van der Waals surface area contributed by atoms with Gasteiger partial charge in [-0.2, -0.15) is 5.10 Å². The molecule has 3 heterocycles. The molecule has 0 aromatic carbocycles. The molecule has 2 fully saturated rings. The number of fused-ring (bicyclic) bond motifs is 2. The Morgan fingerprint density at radius 3 is 2.93 bits per heavy atom. The molecule has 3 aliphatic rings. The zero-order valence-electron chi connectivity index (χ0n) is 15.8. The Labute approximate surface area is 161 Å². The predicted octanol–water partition coefficient (Wildman–Crippen LogP) is 3.38. The van der Waals surface area contributed by atoms with Gasteiger partial charge in [0.05, 0.1) is 17.3 Å². The molecule has 2 unspecified atom stereocenters. The first-order valence-corrected chi connectivity index (χ1v) is 9.84. The van der Waals surface area contributed by atoms with Gasteiger partial charge in [-0.05, 0) is 37.3 Å². The van der Waals surface area contributed by atoms with Gasteiger partial charge in [-0.3, -0.25) is 9.58 Å². The molecule has 2 aromatic rings. The number of alkyl halides is 2. The number of nitrogens with one attached hydrogen (secondary N) is 1. The van der Waals surface area contributed by atoms with E-state index in [9.17, 15) is 13.6 Å². The molecule has 148 valence electrons. The number of nitrogens with zero attached hydrogens (tertiary/aromatic N) is 4.